The van der Waals surface area contributed by atoms with Crippen LogP contribution in [0.15, 0.2) is 0 Å². The summed E-state index contributed by atoms with van der Waals surface area (Å²) >= 11 is 2.03. The van der Waals surface area contributed by atoms with Crippen LogP contribution in [0, 0.1) is 39.9 Å². The Bertz CT molecular complexity index is 534. The van der Waals surface area contributed by atoms with Crippen molar-refractivity contribution in [3.05, 3.63) is 0 Å². The minimum absolute atomic E-state index is 0.270. The number of hydrogen-bond donors (Lipinski definition) is 1. The van der Waals surface area contributed by atoms with Crippen LogP contribution < -0.4 is 0 Å². The van der Waals surface area contributed by atoms with E-state index in [4.69, 9.17) is 0 Å². The summed E-state index contributed by atoms with van der Waals surface area (Å²) in [5.41, 5.74) is 0.341. The molecule has 0 radical (unpaired) electrons. The predicted molar refractivity (Wildman–Crippen MR) is 100 cm³/mol. The molecule has 2 bridgehead atoms. The van der Waals surface area contributed by atoms with Gasteiger partial charge in [-0.25, -0.2) is 0 Å². The van der Waals surface area contributed by atoms with Crippen LogP contribution >= 0.6 is 11.8 Å². The third kappa shape index (κ3) is 2.18. The molecule has 136 valence electrons. The summed E-state index contributed by atoms with van der Waals surface area (Å²) in [5, 5.41) is 9.99. The van der Waals surface area contributed by atoms with Gasteiger partial charge in [0.05, 0.1) is 5.41 Å². The van der Waals surface area contributed by atoms with E-state index in [9.17, 15) is 9.90 Å². The molecule has 5 saturated carbocycles. The molecule has 5 aliphatic carbocycles. The Hall–Kier alpha value is -0.180. The van der Waals surface area contributed by atoms with Gasteiger partial charge in [0.15, 0.2) is 0 Å². The molecule has 7 atom stereocenters. The maximum atomic E-state index is 12.1. The van der Waals surface area contributed by atoms with Crippen LogP contribution in [0.25, 0.3) is 0 Å². The maximum absolute atomic E-state index is 12.1. The Kier molecular flexibility index (Phi) is 4.07. The van der Waals surface area contributed by atoms with E-state index >= 15 is 0 Å². The molecule has 1 unspecified atom stereocenters. The smallest absolute Gasteiger partial charge is 0.309 e. The van der Waals surface area contributed by atoms with E-state index in [0.717, 1.165) is 37.0 Å². The fourth-order valence-corrected chi connectivity index (χ4v) is 8.94. The molecular weight excluding hydrogens is 316 g/mol. The second-order valence-electron chi connectivity index (χ2n) is 10.0. The molecule has 5 fully saturated rings. The molecule has 3 heteroatoms. The zero-order valence-corrected chi connectivity index (χ0v) is 16.5. The minimum atomic E-state index is -0.532. The van der Waals surface area contributed by atoms with Gasteiger partial charge < -0.3 is 5.11 Å². The number of aliphatic carboxylic acids is 1. The molecule has 24 heavy (non-hydrogen) atoms. The number of carboxylic acid groups (broad SMARTS) is 1. The van der Waals surface area contributed by atoms with Gasteiger partial charge in [-0.15, -0.1) is 0 Å². The number of rotatable bonds is 3. The van der Waals surface area contributed by atoms with Crippen molar-refractivity contribution >= 4 is 17.7 Å². The van der Waals surface area contributed by atoms with Gasteiger partial charge in [-0.3, -0.25) is 4.79 Å². The Morgan fingerprint density at radius 3 is 2.58 bits per heavy atom. The zero-order valence-electron chi connectivity index (χ0n) is 15.6. The summed E-state index contributed by atoms with van der Waals surface area (Å²) in [6.07, 6.45) is 13.7. The second kappa shape index (κ2) is 5.66. The quantitative estimate of drug-likeness (QED) is 0.734. The van der Waals surface area contributed by atoms with Crippen molar-refractivity contribution in [3.8, 4) is 0 Å². The number of fused-ring (bicyclic) bond motifs is 3. The molecular formula is C21H34O2S. The highest BCUT2D eigenvalue weighted by atomic mass is 32.2. The van der Waals surface area contributed by atoms with Crippen molar-refractivity contribution in [1.29, 1.82) is 0 Å². The third-order valence-electron chi connectivity index (χ3n) is 9.20. The van der Waals surface area contributed by atoms with Gasteiger partial charge >= 0.3 is 5.97 Å². The highest BCUT2D eigenvalue weighted by Crippen LogP contribution is 2.72. The molecule has 5 aliphatic rings. The van der Waals surface area contributed by atoms with Crippen LogP contribution in [0.4, 0.5) is 0 Å². The minimum Gasteiger partial charge on any atom is -0.481 e. The Morgan fingerprint density at radius 1 is 1.12 bits per heavy atom. The van der Waals surface area contributed by atoms with E-state index < -0.39 is 11.4 Å². The summed E-state index contributed by atoms with van der Waals surface area (Å²) in [4.78, 5) is 12.1. The molecule has 0 heterocycles. The van der Waals surface area contributed by atoms with Gasteiger partial charge in [-0.05, 0) is 105 Å². The number of carbonyl (C=O) groups is 1. The van der Waals surface area contributed by atoms with Crippen LogP contribution in [0.5, 0.6) is 0 Å². The number of carboxylic acids is 1. The van der Waals surface area contributed by atoms with Crippen LogP contribution in [-0.4, -0.2) is 23.1 Å². The lowest BCUT2D eigenvalue weighted by Crippen LogP contribution is -2.62. The van der Waals surface area contributed by atoms with Crippen molar-refractivity contribution in [3.63, 3.8) is 0 Å². The first-order valence-electron chi connectivity index (χ1n) is 10.1. The van der Waals surface area contributed by atoms with Crippen LogP contribution in [0.3, 0.4) is 0 Å². The van der Waals surface area contributed by atoms with Crippen molar-refractivity contribution in [2.75, 3.05) is 12.0 Å². The molecule has 0 amide bonds. The standard InChI is InChI=1S/C21H34O2S/c1-19-7-4-8-20(2,18(22)23)16(19)6-10-21-9-5-14(11-17(19)21)15(12-21)13-24-3/h14-17H,4-13H2,1-3H3,(H,22,23)/t14-,15?,16+,17+,19-,20-,21-/m1/s1. The van der Waals surface area contributed by atoms with E-state index in [1.807, 2.05) is 11.8 Å². The highest BCUT2D eigenvalue weighted by molar-refractivity contribution is 7.98. The van der Waals surface area contributed by atoms with Crippen molar-refractivity contribution < 1.29 is 9.90 Å². The fourth-order valence-electron chi connectivity index (χ4n) is 8.12. The van der Waals surface area contributed by atoms with Crippen molar-refractivity contribution in [2.24, 2.45) is 39.9 Å². The highest BCUT2D eigenvalue weighted by Gasteiger charge is 2.65. The topological polar surface area (TPSA) is 37.3 Å². The van der Waals surface area contributed by atoms with Gasteiger partial charge in [0, 0.05) is 0 Å². The van der Waals surface area contributed by atoms with E-state index in [-0.39, 0.29) is 5.41 Å². The number of hydrogen-bond acceptors (Lipinski definition) is 2. The van der Waals surface area contributed by atoms with Gasteiger partial charge in [-0.1, -0.05) is 13.3 Å². The fraction of sp³-hybridized carbons (Fsp3) is 0.952. The van der Waals surface area contributed by atoms with Crippen molar-refractivity contribution in [2.45, 2.75) is 71.6 Å². The van der Waals surface area contributed by atoms with Crippen LogP contribution in [0.2, 0.25) is 0 Å². The van der Waals surface area contributed by atoms with Crippen LogP contribution in [0.1, 0.15) is 71.6 Å². The average Bonchev–Trinajstić information content (AvgIpc) is 2.55. The molecule has 5 rings (SSSR count). The predicted octanol–water partition coefficient (Wildman–Crippen LogP) is 5.46. The summed E-state index contributed by atoms with van der Waals surface area (Å²) in [6, 6.07) is 0. The third-order valence-corrected chi connectivity index (χ3v) is 9.96. The first-order valence-corrected chi connectivity index (χ1v) is 11.5. The van der Waals surface area contributed by atoms with E-state index in [0.29, 0.717) is 11.3 Å². The van der Waals surface area contributed by atoms with Gasteiger partial charge in [0.25, 0.3) is 0 Å². The lowest BCUT2D eigenvalue weighted by Gasteiger charge is -2.68. The maximum Gasteiger partial charge on any atom is 0.309 e. The second-order valence-corrected chi connectivity index (χ2v) is 11.0. The van der Waals surface area contributed by atoms with Crippen molar-refractivity contribution in [1.82, 2.24) is 0 Å². The molecule has 0 aromatic rings. The molecule has 2 nitrogen and oxygen atoms in total. The SMILES string of the molecule is CSCC1C[C@]23CC[C@@H]1C[C@H]2[C@]1(C)CCC[C@@](C)(C(=O)O)[C@H]1CC3. The van der Waals surface area contributed by atoms with Crippen LogP contribution in [-0.2, 0) is 4.79 Å². The summed E-state index contributed by atoms with van der Waals surface area (Å²) < 4.78 is 0. The largest absolute Gasteiger partial charge is 0.481 e. The number of thioether (sulfide) groups is 1. The van der Waals surface area contributed by atoms with Gasteiger partial charge in [0.2, 0.25) is 0 Å². The normalized spacial score (nSPS) is 53.3. The van der Waals surface area contributed by atoms with E-state index in [1.165, 1.54) is 44.3 Å². The lowest BCUT2D eigenvalue weighted by molar-refractivity contribution is -0.203. The van der Waals surface area contributed by atoms with E-state index in [1.54, 1.807) is 0 Å². The molecule has 0 aromatic heterocycles. The van der Waals surface area contributed by atoms with Gasteiger partial charge in [-0.2, -0.15) is 11.8 Å². The molecule has 0 aromatic carbocycles. The molecule has 1 spiro atoms. The Morgan fingerprint density at radius 2 is 1.88 bits per heavy atom. The first kappa shape index (κ1) is 17.2. The average molecular weight is 351 g/mol. The molecule has 0 aliphatic heterocycles. The summed E-state index contributed by atoms with van der Waals surface area (Å²) in [7, 11) is 0. The summed E-state index contributed by atoms with van der Waals surface area (Å²) in [6.45, 7) is 4.56. The van der Waals surface area contributed by atoms with E-state index in [2.05, 4.69) is 20.1 Å². The monoisotopic (exact) mass is 350 g/mol. The lowest BCUT2D eigenvalue weighted by atomic mass is 9.36. The molecule has 0 saturated heterocycles. The van der Waals surface area contributed by atoms with Gasteiger partial charge in [0.1, 0.15) is 0 Å². The Balaban J connectivity index is 1.68. The Labute approximate surface area is 151 Å². The zero-order chi connectivity index (χ0) is 17.2. The molecule has 1 N–H and O–H groups in total. The first-order chi connectivity index (χ1) is 11.4. The summed E-state index contributed by atoms with van der Waals surface area (Å²) in [5.74, 6) is 3.84.